The van der Waals surface area contributed by atoms with E-state index in [9.17, 15) is 19.5 Å². The number of aromatic hydroxyl groups is 1. The zero-order chi connectivity index (χ0) is 38.5. The Morgan fingerprint density at radius 2 is 1.52 bits per heavy atom. The number of carbonyl (C=O) groups excluding carboxylic acids is 3. The number of piperazine rings is 1. The van der Waals surface area contributed by atoms with E-state index in [4.69, 9.17) is 4.74 Å². The average Bonchev–Trinajstić information content (AvgIpc) is 3.52. The molecule has 5 aliphatic heterocycles. The molecular formula is C44H45F2N5O5. The van der Waals surface area contributed by atoms with E-state index >= 15 is 8.78 Å². The van der Waals surface area contributed by atoms with Gasteiger partial charge in [-0.05, 0) is 72.2 Å². The summed E-state index contributed by atoms with van der Waals surface area (Å²) in [5, 5.41) is 12.4. The third-order valence-corrected chi connectivity index (χ3v) is 12.5. The molecule has 3 fully saturated rings. The first-order chi connectivity index (χ1) is 27.2. The number of nitrogens with one attached hydrogen (secondary N) is 1. The lowest BCUT2D eigenvalue weighted by molar-refractivity contribution is -0.136. The molecule has 4 aromatic carbocycles. The minimum absolute atomic E-state index is 0.00738. The monoisotopic (exact) mass is 761 g/mol. The van der Waals surface area contributed by atoms with Crippen LogP contribution in [-0.2, 0) is 16.1 Å². The van der Waals surface area contributed by atoms with Gasteiger partial charge >= 0.3 is 0 Å². The standard InChI is InChI=1S/C44H45F2N5O5/c45-35-20-29(42-32-8-7-31(52)22-40(32)56-26-34(42)28-4-2-1-3-5-28)6-9-37(35)49-14-12-27(13-15-49)24-48-16-18-50(19-17-48)39-21-30-25-51(44(55)33(30)23-36(39)46)38-10-11-41(53)47-43(38)54/h1-9,20-23,27,34,38,42,52H,10-19,24-26H2,(H,47,53,54)/t34-,38+,42-/m1/s1. The predicted octanol–water partition coefficient (Wildman–Crippen LogP) is 5.78. The minimum Gasteiger partial charge on any atom is -0.508 e. The van der Waals surface area contributed by atoms with Crippen LogP contribution in [0.5, 0.6) is 11.5 Å². The van der Waals surface area contributed by atoms with Gasteiger partial charge in [0.1, 0.15) is 29.2 Å². The van der Waals surface area contributed by atoms with Gasteiger partial charge < -0.3 is 24.5 Å². The van der Waals surface area contributed by atoms with Crippen molar-refractivity contribution in [3.05, 3.63) is 118 Å². The number of nitrogens with zero attached hydrogens (tertiary/aromatic N) is 4. The molecule has 3 atom stereocenters. The number of phenols is 1. The van der Waals surface area contributed by atoms with Crippen molar-refractivity contribution in [3.8, 4) is 11.5 Å². The van der Waals surface area contributed by atoms with Crippen LogP contribution in [0.15, 0.2) is 78.9 Å². The van der Waals surface area contributed by atoms with Gasteiger partial charge in [0.25, 0.3) is 5.91 Å². The molecular weight excluding hydrogens is 717 g/mol. The zero-order valence-electron chi connectivity index (χ0n) is 31.1. The number of hydrogen-bond donors (Lipinski definition) is 2. The number of ether oxygens (including phenoxy) is 1. The van der Waals surface area contributed by atoms with Crippen LogP contribution in [0.3, 0.4) is 0 Å². The van der Waals surface area contributed by atoms with Crippen LogP contribution in [0.25, 0.3) is 0 Å². The summed E-state index contributed by atoms with van der Waals surface area (Å²) in [6, 6.07) is 23.3. The van der Waals surface area contributed by atoms with Gasteiger partial charge in [-0.15, -0.1) is 0 Å². The quantitative estimate of drug-likeness (QED) is 0.229. The molecule has 12 heteroatoms. The maximum Gasteiger partial charge on any atom is 0.255 e. The molecule has 0 spiro atoms. The van der Waals surface area contributed by atoms with E-state index in [1.807, 2.05) is 41.3 Å². The smallest absolute Gasteiger partial charge is 0.255 e. The van der Waals surface area contributed by atoms with Gasteiger partial charge in [0.05, 0.1) is 18.0 Å². The SMILES string of the molecule is O=C1CC[C@H](N2Cc3cc(N4CCN(CC5CCN(c6ccc([C@@H]7c8ccc(O)cc8OC[C@@H]7c7ccccc7)cc6F)CC5)CC4)c(F)cc3C2=O)C(=O)N1. The second-order valence-electron chi connectivity index (χ2n) is 15.8. The summed E-state index contributed by atoms with van der Waals surface area (Å²) in [6.45, 7) is 5.99. The molecule has 0 aliphatic carbocycles. The van der Waals surface area contributed by atoms with Crippen LogP contribution in [0.2, 0.25) is 0 Å². The Labute approximate surface area is 324 Å². The van der Waals surface area contributed by atoms with Gasteiger partial charge in [-0.3, -0.25) is 24.6 Å². The summed E-state index contributed by atoms with van der Waals surface area (Å²) in [5.74, 6) is -0.778. The number of anilines is 2. The molecule has 4 aromatic rings. The lowest BCUT2D eigenvalue weighted by Gasteiger charge is -2.40. The van der Waals surface area contributed by atoms with Gasteiger partial charge in [-0.1, -0.05) is 42.5 Å². The summed E-state index contributed by atoms with van der Waals surface area (Å²) in [7, 11) is 0. The van der Waals surface area contributed by atoms with Crippen molar-refractivity contribution in [3.63, 3.8) is 0 Å². The van der Waals surface area contributed by atoms with Crippen molar-refractivity contribution in [2.45, 2.75) is 50.1 Å². The van der Waals surface area contributed by atoms with Crippen LogP contribution in [0.1, 0.15) is 70.1 Å². The minimum atomic E-state index is -0.735. The largest absolute Gasteiger partial charge is 0.508 e. The molecule has 5 aliphatic rings. The van der Waals surface area contributed by atoms with Gasteiger partial charge in [-0.2, -0.15) is 0 Å². The summed E-state index contributed by atoms with van der Waals surface area (Å²) in [6.07, 6.45) is 2.34. The zero-order valence-corrected chi connectivity index (χ0v) is 31.1. The Morgan fingerprint density at radius 3 is 2.27 bits per heavy atom. The first kappa shape index (κ1) is 36.2. The highest BCUT2D eigenvalue weighted by atomic mass is 19.1. The fourth-order valence-corrected chi connectivity index (χ4v) is 9.48. The van der Waals surface area contributed by atoms with E-state index in [1.165, 1.54) is 11.0 Å². The number of phenolic OH excluding ortho intramolecular Hbond substituents is 1. The number of amides is 3. The third kappa shape index (κ3) is 6.84. The molecule has 290 valence electrons. The highest BCUT2D eigenvalue weighted by Crippen LogP contribution is 2.47. The maximum absolute atomic E-state index is 16.1. The summed E-state index contributed by atoms with van der Waals surface area (Å²) >= 11 is 0. The second-order valence-corrected chi connectivity index (χ2v) is 15.8. The summed E-state index contributed by atoms with van der Waals surface area (Å²) in [4.78, 5) is 45.3. The molecule has 10 nitrogen and oxygen atoms in total. The number of fused-ring (bicyclic) bond motifs is 2. The highest BCUT2D eigenvalue weighted by molar-refractivity contribution is 6.05. The molecule has 0 radical (unpaired) electrons. The molecule has 0 unspecified atom stereocenters. The molecule has 3 saturated heterocycles. The Hall–Kier alpha value is -5.49. The van der Waals surface area contributed by atoms with Crippen LogP contribution in [-0.4, -0.2) is 91.1 Å². The number of hydrogen-bond acceptors (Lipinski definition) is 8. The van der Waals surface area contributed by atoms with Crippen molar-refractivity contribution in [2.75, 3.05) is 62.2 Å². The third-order valence-electron chi connectivity index (χ3n) is 12.5. The topological polar surface area (TPSA) is 106 Å². The molecule has 5 heterocycles. The molecule has 0 aromatic heterocycles. The fourth-order valence-electron chi connectivity index (χ4n) is 9.48. The molecule has 0 saturated carbocycles. The van der Waals surface area contributed by atoms with E-state index in [1.54, 1.807) is 24.3 Å². The van der Waals surface area contributed by atoms with Gasteiger partial charge in [0, 0.05) is 87.8 Å². The van der Waals surface area contributed by atoms with E-state index < -0.39 is 17.8 Å². The number of benzene rings is 4. The lowest BCUT2D eigenvalue weighted by atomic mass is 9.76. The van der Waals surface area contributed by atoms with Gasteiger partial charge in [0.2, 0.25) is 11.8 Å². The number of piperidine rings is 2. The number of halogens is 2. The number of carbonyl (C=O) groups is 3. The summed E-state index contributed by atoms with van der Waals surface area (Å²) in [5.41, 5.74) is 5.00. The van der Waals surface area contributed by atoms with E-state index in [0.29, 0.717) is 48.3 Å². The van der Waals surface area contributed by atoms with Crippen molar-refractivity contribution < 1.29 is 33.0 Å². The molecule has 56 heavy (non-hydrogen) atoms. The van der Waals surface area contributed by atoms with Crippen LogP contribution < -0.4 is 19.9 Å². The lowest BCUT2D eigenvalue weighted by Crippen LogP contribution is -2.52. The Kier molecular flexibility index (Phi) is 9.60. The van der Waals surface area contributed by atoms with E-state index in [2.05, 4.69) is 27.2 Å². The molecule has 0 bridgehead atoms. The number of rotatable bonds is 7. The second kappa shape index (κ2) is 14.9. The van der Waals surface area contributed by atoms with Crippen molar-refractivity contribution in [1.82, 2.24) is 15.1 Å². The Balaban J connectivity index is 0.804. The normalized spacial score (nSPS) is 23.1. The van der Waals surface area contributed by atoms with Crippen molar-refractivity contribution in [1.29, 1.82) is 0 Å². The van der Waals surface area contributed by atoms with Gasteiger partial charge in [0.15, 0.2) is 0 Å². The van der Waals surface area contributed by atoms with E-state index in [0.717, 1.165) is 62.3 Å². The average molecular weight is 762 g/mol. The summed E-state index contributed by atoms with van der Waals surface area (Å²) < 4.78 is 37.6. The molecule has 2 N–H and O–H groups in total. The van der Waals surface area contributed by atoms with Crippen LogP contribution in [0.4, 0.5) is 20.2 Å². The van der Waals surface area contributed by atoms with E-state index in [-0.39, 0.29) is 60.2 Å². The van der Waals surface area contributed by atoms with Crippen molar-refractivity contribution in [2.24, 2.45) is 5.92 Å². The molecule has 3 amide bonds. The van der Waals surface area contributed by atoms with Gasteiger partial charge in [-0.25, -0.2) is 8.78 Å². The Morgan fingerprint density at radius 1 is 0.768 bits per heavy atom. The first-order valence-corrected chi connectivity index (χ1v) is 19.7. The van der Waals surface area contributed by atoms with Crippen LogP contribution in [0, 0.1) is 17.6 Å². The number of imide groups is 1. The first-order valence-electron chi connectivity index (χ1n) is 19.7. The molecule has 9 rings (SSSR count). The van der Waals surface area contributed by atoms with Crippen LogP contribution >= 0.6 is 0 Å². The predicted molar refractivity (Wildman–Crippen MR) is 207 cm³/mol. The Bertz CT molecular complexity index is 2170. The maximum atomic E-state index is 16.1. The fraction of sp³-hybridized carbons (Fsp3) is 0.386. The highest BCUT2D eigenvalue weighted by Gasteiger charge is 2.40. The van der Waals surface area contributed by atoms with Crippen molar-refractivity contribution >= 4 is 29.1 Å².